The number of hydrogen-bond donors (Lipinski definition) is 0. The van der Waals surface area contributed by atoms with Crippen LogP contribution in [0.15, 0.2) is 43.0 Å². The van der Waals surface area contributed by atoms with E-state index in [1.807, 2.05) is 0 Å². The lowest BCUT2D eigenvalue weighted by atomic mass is 10.2. The third kappa shape index (κ3) is 3.67. The predicted octanol–water partition coefficient (Wildman–Crippen LogP) is 1.47. The van der Waals surface area contributed by atoms with Gasteiger partial charge in [0.05, 0.1) is 5.75 Å². The summed E-state index contributed by atoms with van der Waals surface area (Å²) < 4.78 is 22.6. The van der Waals surface area contributed by atoms with Crippen LogP contribution in [-0.4, -0.2) is 25.7 Å². The van der Waals surface area contributed by atoms with Crippen LogP contribution in [0.2, 0.25) is 0 Å². The first kappa shape index (κ1) is 11.7. The highest BCUT2D eigenvalue weighted by Crippen LogP contribution is 2.03. The van der Waals surface area contributed by atoms with Crippen molar-refractivity contribution in [3.63, 3.8) is 0 Å². The van der Waals surface area contributed by atoms with Crippen LogP contribution in [0.5, 0.6) is 0 Å². The minimum atomic E-state index is -3.35. The molecule has 0 aromatic heterocycles. The second-order valence-electron chi connectivity index (χ2n) is 3.13. The quantitative estimate of drug-likeness (QED) is 0.562. The van der Waals surface area contributed by atoms with Crippen molar-refractivity contribution in [2.24, 2.45) is 0 Å². The Morgan fingerprint density at radius 3 is 2.40 bits per heavy atom. The molecule has 0 spiro atoms. The van der Waals surface area contributed by atoms with E-state index in [0.29, 0.717) is 5.56 Å². The Labute approximate surface area is 89.4 Å². The highest BCUT2D eigenvalue weighted by atomic mass is 32.2. The molecule has 0 aliphatic rings. The van der Waals surface area contributed by atoms with Crippen molar-refractivity contribution >= 4 is 15.6 Å². The minimum absolute atomic E-state index is 0.161. The second kappa shape index (κ2) is 4.89. The molecule has 1 rings (SSSR count). The van der Waals surface area contributed by atoms with Crippen LogP contribution < -0.4 is 0 Å². The molecule has 0 amide bonds. The maximum Gasteiger partial charge on any atom is 0.177 e. The molecule has 0 unspecified atom stereocenters. The van der Waals surface area contributed by atoms with Gasteiger partial charge in [0.1, 0.15) is 5.75 Å². The van der Waals surface area contributed by atoms with Crippen LogP contribution in [0.25, 0.3) is 0 Å². The van der Waals surface area contributed by atoms with Crippen molar-refractivity contribution in [1.82, 2.24) is 0 Å². The van der Waals surface area contributed by atoms with Crippen LogP contribution in [0.3, 0.4) is 0 Å². The van der Waals surface area contributed by atoms with Gasteiger partial charge in [-0.3, -0.25) is 4.79 Å². The zero-order chi connectivity index (χ0) is 11.3. The first-order valence-electron chi connectivity index (χ1n) is 4.45. The fourth-order valence-electron chi connectivity index (χ4n) is 1.15. The van der Waals surface area contributed by atoms with Crippen molar-refractivity contribution in [3.8, 4) is 0 Å². The van der Waals surface area contributed by atoms with E-state index in [9.17, 15) is 13.2 Å². The topological polar surface area (TPSA) is 51.2 Å². The number of sulfone groups is 1. The molecule has 4 heteroatoms. The van der Waals surface area contributed by atoms with Gasteiger partial charge >= 0.3 is 0 Å². The van der Waals surface area contributed by atoms with Crippen LogP contribution >= 0.6 is 0 Å². The molecular formula is C11H12O3S. The third-order valence-corrected chi connectivity index (χ3v) is 3.26. The smallest absolute Gasteiger partial charge is 0.177 e. The molecule has 15 heavy (non-hydrogen) atoms. The average Bonchev–Trinajstić information content (AvgIpc) is 2.18. The summed E-state index contributed by atoms with van der Waals surface area (Å²) in [5.74, 6) is -0.994. The zero-order valence-electron chi connectivity index (χ0n) is 8.22. The molecule has 0 bridgehead atoms. The normalized spacial score (nSPS) is 10.9. The van der Waals surface area contributed by atoms with Crippen molar-refractivity contribution < 1.29 is 13.2 Å². The lowest BCUT2D eigenvalue weighted by Gasteiger charge is -2.00. The van der Waals surface area contributed by atoms with Crippen LogP contribution in [0.1, 0.15) is 10.4 Å². The highest BCUT2D eigenvalue weighted by molar-refractivity contribution is 7.92. The molecule has 1 aromatic carbocycles. The Balaban J connectivity index is 2.77. The highest BCUT2D eigenvalue weighted by Gasteiger charge is 2.15. The van der Waals surface area contributed by atoms with Gasteiger partial charge in [0.25, 0.3) is 0 Å². The molecule has 3 nitrogen and oxygen atoms in total. The molecule has 0 radical (unpaired) electrons. The number of Topliss-reactive ketones (excluding diaryl/α,β-unsaturated/α-hetero) is 1. The van der Waals surface area contributed by atoms with E-state index >= 15 is 0 Å². The SMILES string of the molecule is C=CCS(=O)(=O)CC(=O)c1ccccc1. The number of rotatable bonds is 5. The molecule has 0 atom stereocenters. The molecule has 0 N–H and O–H groups in total. The number of carbonyl (C=O) groups is 1. The Kier molecular flexibility index (Phi) is 3.80. The van der Waals surface area contributed by atoms with E-state index in [2.05, 4.69) is 6.58 Å². The van der Waals surface area contributed by atoms with E-state index in [0.717, 1.165) is 0 Å². The lowest BCUT2D eigenvalue weighted by molar-refractivity contribution is 0.102. The molecule has 0 saturated heterocycles. The Hall–Kier alpha value is -1.42. The van der Waals surface area contributed by atoms with Gasteiger partial charge in [-0.25, -0.2) is 8.42 Å². The Morgan fingerprint density at radius 1 is 1.27 bits per heavy atom. The van der Waals surface area contributed by atoms with E-state index < -0.39 is 15.6 Å². The maximum absolute atomic E-state index is 11.5. The van der Waals surface area contributed by atoms with Gasteiger partial charge in [0, 0.05) is 5.56 Å². The van der Waals surface area contributed by atoms with Gasteiger partial charge in [-0.15, -0.1) is 6.58 Å². The maximum atomic E-state index is 11.5. The predicted molar refractivity (Wildman–Crippen MR) is 59.6 cm³/mol. The largest absolute Gasteiger partial charge is 0.293 e. The van der Waals surface area contributed by atoms with Gasteiger partial charge in [-0.1, -0.05) is 36.4 Å². The minimum Gasteiger partial charge on any atom is -0.293 e. The standard InChI is InChI=1S/C11H12O3S/c1-2-8-15(13,14)9-11(12)10-6-4-3-5-7-10/h2-7H,1,8-9H2. The summed E-state index contributed by atoms with van der Waals surface area (Å²) in [4.78, 5) is 11.5. The lowest BCUT2D eigenvalue weighted by Crippen LogP contribution is -2.18. The molecule has 1 aromatic rings. The number of hydrogen-bond acceptors (Lipinski definition) is 3. The van der Waals surface area contributed by atoms with E-state index in [-0.39, 0.29) is 11.5 Å². The Bertz CT molecular complexity index is 446. The third-order valence-electron chi connectivity index (χ3n) is 1.82. The molecular weight excluding hydrogens is 212 g/mol. The first-order chi connectivity index (χ1) is 7.05. The van der Waals surface area contributed by atoms with E-state index in [1.54, 1.807) is 30.3 Å². The summed E-state index contributed by atoms with van der Waals surface area (Å²) in [5.41, 5.74) is 0.421. The first-order valence-corrected chi connectivity index (χ1v) is 6.27. The monoisotopic (exact) mass is 224 g/mol. The molecule has 0 fully saturated rings. The molecule has 0 heterocycles. The fraction of sp³-hybridized carbons (Fsp3) is 0.182. The number of carbonyl (C=O) groups excluding carboxylic acids is 1. The van der Waals surface area contributed by atoms with Crippen molar-refractivity contribution in [1.29, 1.82) is 0 Å². The van der Waals surface area contributed by atoms with Gasteiger partial charge < -0.3 is 0 Å². The number of ketones is 1. The van der Waals surface area contributed by atoms with Gasteiger partial charge in [-0.05, 0) is 0 Å². The molecule has 0 saturated carbocycles. The average molecular weight is 224 g/mol. The molecule has 0 aliphatic heterocycles. The fourth-order valence-corrected chi connectivity index (χ4v) is 2.19. The summed E-state index contributed by atoms with van der Waals surface area (Å²) in [7, 11) is -3.35. The molecule has 80 valence electrons. The summed E-state index contributed by atoms with van der Waals surface area (Å²) in [6.45, 7) is 3.34. The van der Waals surface area contributed by atoms with Crippen molar-refractivity contribution in [2.45, 2.75) is 0 Å². The van der Waals surface area contributed by atoms with Crippen molar-refractivity contribution in [2.75, 3.05) is 11.5 Å². The molecule has 0 aliphatic carbocycles. The van der Waals surface area contributed by atoms with Crippen LogP contribution in [-0.2, 0) is 9.84 Å². The summed E-state index contributed by atoms with van der Waals surface area (Å²) >= 11 is 0. The van der Waals surface area contributed by atoms with Crippen LogP contribution in [0, 0.1) is 0 Å². The van der Waals surface area contributed by atoms with Gasteiger partial charge in [-0.2, -0.15) is 0 Å². The van der Waals surface area contributed by atoms with E-state index in [1.165, 1.54) is 6.08 Å². The van der Waals surface area contributed by atoms with Crippen LogP contribution in [0.4, 0.5) is 0 Å². The van der Waals surface area contributed by atoms with Crippen molar-refractivity contribution in [3.05, 3.63) is 48.6 Å². The summed E-state index contributed by atoms with van der Waals surface area (Å²) in [5, 5.41) is 0. The second-order valence-corrected chi connectivity index (χ2v) is 5.24. The Morgan fingerprint density at radius 2 is 1.87 bits per heavy atom. The number of benzene rings is 1. The van der Waals surface area contributed by atoms with Gasteiger partial charge in [0.15, 0.2) is 15.6 Å². The summed E-state index contributed by atoms with van der Waals surface area (Å²) in [6.07, 6.45) is 1.29. The summed E-state index contributed by atoms with van der Waals surface area (Å²) in [6, 6.07) is 8.38. The zero-order valence-corrected chi connectivity index (χ0v) is 9.03. The van der Waals surface area contributed by atoms with Gasteiger partial charge in [0.2, 0.25) is 0 Å². The van der Waals surface area contributed by atoms with E-state index in [4.69, 9.17) is 0 Å².